The van der Waals surface area contributed by atoms with E-state index >= 15 is 0 Å². The number of hydrogen-bond donors (Lipinski definition) is 2. The molecule has 4 nitrogen and oxygen atoms in total. The third-order valence-electron chi connectivity index (χ3n) is 2.80. The molecule has 2 aromatic carbocycles. The number of amides is 2. The molecule has 6 heteroatoms. The van der Waals surface area contributed by atoms with Gasteiger partial charge in [-0.2, -0.15) is 0 Å². The van der Waals surface area contributed by atoms with Crippen molar-refractivity contribution in [2.24, 2.45) is 0 Å². The molecule has 0 saturated heterocycles. The highest BCUT2D eigenvalue weighted by Crippen LogP contribution is 2.21. The Morgan fingerprint density at radius 1 is 1.05 bits per heavy atom. The van der Waals surface area contributed by atoms with Crippen molar-refractivity contribution in [3.05, 3.63) is 62.2 Å². The number of carbonyl (C=O) groups excluding carboxylic acids is 2. The van der Waals surface area contributed by atoms with Crippen LogP contribution in [0.5, 0.6) is 0 Å². The van der Waals surface area contributed by atoms with Gasteiger partial charge in [0, 0.05) is 21.9 Å². The fourth-order valence-corrected chi connectivity index (χ4v) is 2.28. The van der Waals surface area contributed by atoms with Gasteiger partial charge in [-0.1, -0.05) is 11.6 Å². The lowest BCUT2D eigenvalue weighted by atomic mass is 10.1. The summed E-state index contributed by atoms with van der Waals surface area (Å²) in [7, 11) is 1.52. The van der Waals surface area contributed by atoms with Crippen LogP contribution in [0.25, 0.3) is 0 Å². The summed E-state index contributed by atoms with van der Waals surface area (Å²) in [5.41, 5.74) is 1.38. The number of halogens is 2. The molecule has 2 amide bonds. The lowest BCUT2D eigenvalue weighted by Gasteiger charge is -2.08. The molecule has 0 aliphatic rings. The summed E-state index contributed by atoms with van der Waals surface area (Å²) in [5.74, 6) is -0.540. The zero-order chi connectivity index (χ0) is 15.4. The minimum Gasteiger partial charge on any atom is -0.355 e. The molecule has 21 heavy (non-hydrogen) atoms. The van der Waals surface area contributed by atoms with Crippen molar-refractivity contribution in [2.45, 2.75) is 0 Å². The van der Waals surface area contributed by atoms with Crippen LogP contribution in [0.1, 0.15) is 20.7 Å². The minimum atomic E-state index is -0.301. The number of benzene rings is 2. The van der Waals surface area contributed by atoms with Crippen LogP contribution in [0.15, 0.2) is 42.5 Å². The summed E-state index contributed by atoms with van der Waals surface area (Å²) >= 11 is 8.14. The molecule has 0 atom stereocenters. The van der Waals surface area contributed by atoms with Crippen LogP contribution >= 0.6 is 34.2 Å². The molecule has 0 unspecified atom stereocenters. The van der Waals surface area contributed by atoms with E-state index in [1.54, 1.807) is 30.3 Å². The van der Waals surface area contributed by atoms with Crippen molar-refractivity contribution < 1.29 is 9.59 Å². The van der Waals surface area contributed by atoms with E-state index in [1.165, 1.54) is 7.05 Å². The Balaban J connectivity index is 2.21. The lowest BCUT2D eigenvalue weighted by molar-refractivity contribution is 0.0961. The third-order valence-corrected chi connectivity index (χ3v) is 3.85. The molecule has 0 aliphatic heterocycles. The highest BCUT2D eigenvalue weighted by Gasteiger charge is 2.11. The smallest absolute Gasteiger partial charge is 0.255 e. The van der Waals surface area contributed by atoms with E-state index in [-0.39, 0.29) is 11.8 Å². The van der Waals surface area contributed by atoms with Gasteiger partial charge >= 0.3 is 0 Å². The summed E-state index contributed by atoms with van der Waals surface area (Å²) in [6.07, 6.45) is 0. The van der Waals surface area contributed by atoms with Gasteiger partial charge in [0.15, 0.2) is 0 Å². The molecule has 2 N–H and O–H groups in total. The monoisotopic (exact) mass is 414 g/mol. The fraction of sp³-hybridized carbons (Fsp3) is 0.0667. The molecule has 0 heterocycles. The number of anilines is 1. The summed E-state index contributed by atoms with van der Waals surface area (Å²) < 4.78 is 1.05. The second-order valence-electron chi connectivity index (χ2n) is 4.23. The minimum absolute atomic E-state index is 0.239. The normalized spacial score (nSPS) is 10.0. The molecule has 0 aliphatic carbocycles. The van der Waals surface area contributed by atoms with Gasteiger partial charge in [-0.25, -0.2) is 0 Å². The molecule has 0 fully saturated rings. The highest BCUT2D eigenvalue weighted by molar-refractivity contribution is 14.1. The summed E-state index contributed by atoms with van der Waals surface area (Å²) in [4.78, 5) is 23.8. The second kappa shape index (κ2) is 6.91. The van der Waals surface area contributed by atoms with Crippen molar-refractivity contribution in [1.29, 1.82) is 0 Å². The van der Waals surface area contributed by atoms with Crippen molar-refractivity contribution in [1.82, 2.24) is 5.32 Å². The molecule has 0 bridgehead atoms. The fourth-order valence-electron chi connectivity index (χ4n) is 1.72. The molecule has 2 rings (SSSR count). The second-order valence-corrected chi connectivity index (χ2v) is 5.89. The zero-order valence-corrected chi connectivity index (χ0v) is 14.0. The number of rotatable bonds is 3. The summed E-state index contributed by atoms with van der Waals surface area (Å²) in [6.45, 7) is 0. The van der Waals surface area contributed by atoms with E-state index in [0.717, 1.165) is 3.57 Å². The van der Waals surface area contributed by atoms with Crippen LogP contribution in [0.3, 0.4) is 0 Å². The van der Waals surface area contributed by atoms with Crippen molar-refractivity contribution in [3.63, 3.8) is 0 Å². The zero-order valence-electron chi connectivity index (χ0n) is 11.1. The Morgan fingerprint density at radius 3 is 2.33 bits per heavy atom. The van der Waals surface area contributed by atoms with Gasteiger partial charge in [0.2, 0.25) is 0 Å². The Kier molecular flexibility index (Phi) is 5.19. The number of hydrogen-bond acceptors (Lipinski definition) is 2. The Labute approximate surface area is 141 Å². The molecule has 0 radical (unpaired) electrons. The highest BCUT2D eigenvalue weighted by atomic mass is 127. The van der Waals surface area contributed by atoms with Crippen molar-refractivity contribution in [2.75, 3.05) is 12.4 Å². The van der Waals surface area contributed by atoms with Crippen LogP contribution in [-0.4, -0.2) is 18.9 Å². The van der Waals surface area contributed by atoms with Gasteiger partial charge in [0.05, 0.1) is 10.6 Å². The molecule has 0 saturated carbocycles. The first kappa shape index (κ1) is 15.8. The van der Waals surface area contributed by atoms with E-state index in [1.807, 2.05) is 12.1 Å². The molecular formula is C15H12ClIN2O2. The molecule has 2 aromatic rings. The molecule has 0 spiro atoms. The quantitative estimate of drug-likeness (QED) is 0.755. The Hall–Kier alpha value is -1.60. The molecular weight excluding hydrogens is 403 g/mol. The van der Waals surface area contributed by atoms with E-state index in [2.05, 4.69) is 33.2 Å². The van der Waals surface area contributed by atoms with Crippen LogP contribution in [0.4, 0.5) is 5.69 Å². The van der Waals surface area contributed by atoms with Gasteiger partial charge in [-0.15, -0.1) is 0 Å². The maximum Gasteiger partial charge on any atom is 0.255 e. The maximum atomic E-state index is 12.1. The summed E-state index contributed by atoms with van der Waals surface area (Å²) in [5, 5.41) is 5.58. The first-order valence-electron chi connectivity index (χ1n) is 6.10. The average Bonchev–Trinajstić information content (AvgIpc) is 2.49. The van der Waals surface area contributed by atoms with Gasteiger partial charge in [0.25, 0.3) is 11.8 Å². The largest absolute Gasteiger partial charge is 0.355 e. The van der Waals surface area contributed by atoms with Gasteiger partial charge in [-0.3, -0.25) is 9.59 Å². The Morgan fingerprint density at radius 2 is 1.71 bits per heavy atom. The third kappa shape index (κ3) is 3.95. The van der Waals surface area contributed by atoms with Crippen LogP contribution in [0, 0.1) is 3.57 Å². The van der Waals surface area contributed by atoms with E-state index in [0.29, 0.717) is 21.8 Å². The first-order valence-corrected chi connectivity index (χ1v) is 7.55. The van der Waals surface area contributed by atoms with Crippen molar-refractivity contribution in [3.8, 4) is 0 Å². The average molecular weight is 415 g/mol. The maximum absolute atomic E-state index is 12.1. The molecule has 0 aromatic heterocycles. The van der Waals surface area contributed by atoms with Crippen LogP contribution < -0.4 is 10.6 Å². The van der Waals surface area contributed by atoms with Gasteiger partial charge in [-0.05, 0) is 65.1 Å². The standard InChI is InChI=1S/C15H12ClIN2O2/c1-18-15(21)12-8-11(6-7-13(12)16)19-14(20)9-2-4-10(17)5-3-9/h2-8H,1H3,(H,18,21)(H,19,20). The van der Waals surface area contributed by atoms with Crippen molar-refractivity contribution >= 4 is 51.7 Å². The predicted octanol–water partition coefficient (Wildman–Crippen LogP) is 3.56. The SMILES string of the molecule is CNC(=O)c1cc(NC(=O)c2ccc(I)cc2)ccc1Cl. The van der Waals surface area contributed by atoms with E-state index < -0.39 is 0 Å². The lowest BCUT2D eigenvalue weighted by Crippen LogP contribution is -2.19. The molecule has 108 valence electrons. The first-order chi connectivity index (χ1) is 10.0. The topological polar surface area (TPSA) is 58.2 Å². The van der Waals surface area contributed by atoms with Crippen LogP contribution in [-0.2, 0) is 0 Å². The van der Waals surface area contributed by atoms with Crippen LogP contribution in [0.2, 0.25) is 5.02 Å². The van der Waals surface area contributed by atoms with Gasteiger partial charge < -0.3 is 10.6 Å². The summed E-state index contributed by atoms with van der Waals surface area (Å²) in [6, 6.07) is 12.0. The van der Waals surface area contributed by atoms with Gasteiger partial charge in [0.1, 0.15) is 0 Å². The Bertz CT molecular complexity index is 687. The number of nitrogens with one attached hydrogen (secondary N) is 2. The van der Waals surface area contributed by atoms with E-state index in [4.69, 9.17) is 11.6 Å². The number of carbonyl (C=O) groups is 2. The predicted molar refractivity (Wildman–Crippen MR) is 92.0 cm³/mol. The van der Waals surface area contributed by atoms with E-state index in [9.17, 15) is 9.59 Å².